The molecule has 104 valence electrons. The normalized spacial score (nSPS) is 11.9. The lowest BCUT2D eigenvalue weighted by atomic mass is 9.88. The van der Waals surface area contributed by atoms with Gasteiger partial charge in [-0.25, -0.2) is 0 Å². The van der Waals surface area contributed by atoms with Crippen molar-refractivity contribution in [3.63, 3.8) is 0 Å². The number of benzene rings is 2. The Morgan fingerprint density at radius 3 is 2.25 bits per heavy atom. The molecule has 0 heterocycles. The third kappa shape index (κ3) is 3.84. The van der Waals surface area contributed by atoms with Crippen molar-refractivity contribution in [2.45, 2.75) is 19.3 Å². The van der Waals surface area contributed by atoms with E-state index >= 15 is 0 Å². The molecule has 1 amide bonds. The lowest BCUT2D eigenvalue weighted by Crippen LogP contribution is -2.24. The molecular formula is C17H18ClNO. The third-order valence-electron chi connectivity index (χ3n) is 3.24. The molecular weight excluding hydrogens is 270 g/mol. The van der Waals surface area contributed by atoms with Crippen LogP contribution in [0.25, 0.3) is 0 Å². The minimum atomic E-state index is 0.0556. The van der Waals surface area contributed by atoms with Crippen LogP contribution in [0.3, 0.4) is 0 Å². The number of hydrogen-bond donors (Lipinski definition) is 1. The van der Waals surface area contributed by atoms with E-state index in [1.54, 1.807) is 0 Å². The van der Waals surface area contributed by atoms with Crippen LogP contribution in [0.4, 0.5) is 0 Å². The smallest absolute Gasteiger partial charge is 0.220 e. The Hall–Kier alpha value is -1.80. The van der Waals surface area contributed by atoms with Gasteiger partial charge in [-0.15, -0.1) is 0 Å². The Balaban J connectivity index is 2.29. The summed E-state index contributed by atoms with van der Waals surface area (Å²) >= 11 is 5.94. The van der Waals surface area contributed by atoms with Crippen molar-refractivity contribution in [1.82, 2.24) is 5.32 Å². The summed E-state index contributed by atoms with van der Waals surface area (Å²) in [6.45, 7) is 2.58. The van der Waals surface area contributed by atoms with Crippen LogP contribution in [0, 0.1) is 0 Å². The van der Waals surface area contributed by atoms with Crippen molar-refractivity contribution in [1.29, 1.82) is 0 Å². The van der Waals surface area contributed by atoms with Crippen molar-refractivity contribution in [3.05, 3.63) is 70.7 Å². The molecule has 2 rings (SSSR count). The van der Waals surface area contributed by atoms with Crippen molar-refractivity contribution in [2.24, 2.45) is 0 Å². The van der Waals surface area contributed by atoms with E-state index < -0.39 is 0 Å². The molecule has 0 radical (unpaired) electrons. The summed E-state index contributed by atoms with van der Waals surface area (Å²) in [5.41, 5.74) is 2.24. The van der Waals surface area contributed by atoms with Gasteiger partial charge in [-0.2, -0.15) is 0 Å². The van der Waals surface area contributed by atoms with Crippen LogP contribution in [-0.2, 0) is 4.79 Å². The Morgan fingerprint density at radius 1 is 1.05 bits per heavy atom. The molecule has 2 nitrogen and oxygen atoms in total. The van der Waals surface area contributed by atoms with Crippen LogP contribution in [0.5, 0.6) is 0 Å². The van der Waals surface area contributed by atoms with Gasteiger partial charge in [0.05, 0.1) is 0 Å². The van der Waals surface area contributed by atoms with Crippen molar-refractivity contribution >= 4 is 17.5 Å². The van der Waals surface area contributed by atoms with Crippen molar-refractivity contribution in [2.75, 3.05) is 6.54 Å². The first kappa shape index (κ1) is 14.6. The molecule has 0 aliphatic carbocycles. The first-order valence-corrected chi connectivity index (χ1v) is 7.15. The van der Waals surface area contributed by atoms with E-state index in [-0.39, 0.29) is 11.8 Å². The van der Waals surface area contributed by atoms with Gasteiger partial charge in [-0.05, 0) is 30.2 Å². The maximum Gasteiger partial charge on any atom is 0.220 e. The molecule has 0 spiro atoms. The molecule has 0 bridgehead atoms. The summed E-state index contributed by atoms with van der Waals surface area (Å²) in [6, 6.07) is 17.8. The van der Waals surface area contributed by atoms with E-state index in [1.165, 1.54) is 0 Å². The Kier molecular flexibility index (Phi) is 5.19. The topological polar surface area (TPSA) is 29.1 Å². The van der Waals surface area contributed by atoms with Gasteiger partial charge in [0, 0.05) is 23.9 Å². The second-order valence-corrected chi connectivity index (χ2v) is 5.11. The fraction of sp³-hybridized carbons (Fsp3) is 0.235. The van der Waals surface area contributed by atoms with Gasteiger partial charge in [-0.1, -0.05) is 54.1 Å². The monoisotopic (exact) mass is 287 g/mol. The van der Waals surface area contributed by atoms with E-state index in [0.29, 0.717) is 18.0 Å². The van der Waals surface area contributed by atoms with E-state index in [9.17, 15) is 4.79 Å². The van der Waals surface area contributed by atoms with E-state index in [0.717, 1.165) is 11.1 Å². The van der Waals surface area contributed by atoms with Crippen molar-refractivity contribution < 1.29 is 4.79 Å². The zero-order chi connectivity index (χ0) is 14.4. The van der Waals surface area contributed by atoms with Gasteiger partial charge in [-0.3, -0.25) is 4.79 Å². The molecule has 0 unspecified atom stereocenters. The average molecular weight is 288 g/mol. The first-order valence-electron chi connectivity index (χ1n) is 6.77. The summed E-state index contributed by atoms with van der Waals surface area (Å²) < 4.78 is 0. The van der Waals surface area contributed by atoms with E-state index in [1.807, 2.05) is 49.4 Å². The van der Waals surface area contributed by atoms with Crippen LogP contribution in [0.2, 0.25) is 5.02 Å². The molecule has 3 heteroatoms. The largest absolute Gasteiger partial charge is 0.356 e. The molecule has 0 aromatic heterocycles. The number of amides is 1. The van der Waals surface area contributed by atoms with Gasteiger partial charge >= 0.3 is 0 Å². The zero-order valence-corrected chi connectivity index (χ0v) is 12.2. The van der Waals surface area contributed by atoms with Crippen LogP contribution in [0.1, 0.15) is 30.4 Å². The maximum atomic E-state index is 11.9. The molecule has 2 aromatic carbocycles. The molecule has 1 N–H and O–H groups in total. The van der Waals surface area contributed by atoms with Gasteiger partial charge < -0.3 is 5.32 Å². The Bertz CT molecular complexity index is 551. The molecule has 1 atom stereocenters. The van der Waals surface area contributed by atoms with Gasteiger partial charge in [0.1, 0.15) is 0 Å². The van der Waals surface area contributed by atoms with Crippen LogP contribution < -0.4 is 5.32 Å². The predicted octanol–water partition coefficient (Wildman–Crippen LogP) is 4.00. The van der Waals surface area contributed by atoms with E-state index in [4.69, 9.17) is 11.6 Å². The number of halogens is 1. The van der Waals surface area contributed by atoms with Crippen LogP contribution >= 0.6 is 11.6 Å². The SMILES string of the molecule is CCNC(=O)C[C@H](c1ccccc1)c1ccc(Cl)cc1. The highest BCUT2D eigenvalue weighted by molar-refractivity contribution is 6.30. The Labute approximate surface area is 124 Å². The molecule has 0 saturated heterocycles. The average Bonchev–Trinajstić information content (AvgIpc) is 2.47. The molecule has 2 aromatic rings. The molecule has 20 heavy (non-hydrogen) atoms. The van der Waals surface area contributed by atoms with Gasteiger partial charge in [0.25, 0.3) is 0 Å². The highest BCUT2D eigenvalue weighted by atomic mass is 35.5. The quantitative estimate of drug-likeness (QED) is 0.885. The van der Waals surface area contributed by atoms with Crippen LogP contribution in [-0.4, -0.2) is 12.5 Å². The van der Waals surface area contributed by atoms with Crippen molar-refractivity contribution in [3.8, 4) is 0 Å². The second kappa shape index (κ2) is 7.11. The molecule has 0 aliphatic rings. The van der Waals surface area contributed by atoms with Gasteiger partial charge in [0.15, 0.2) is 0 Å². The number of carbonyl (C=O) groups is 1. The molecule has 0 saturated carbocycles. The standard InChI is InChI=1S/C17H18ClNO/c1-2-19-17(20)12-16(13-6-4-3-5-7-13)14-8-10-15(18)11-9-14/h3-11,16H,2,12H2,1H3,(H,19,20)/t16-/m1/s1. The number of carbonyl (C=O) groups excluding carboxylic acids is 1. The highest BCUT2D eigenvalue weighted by Gasteiger charge is 2.17. The summed E-state index contributed by atoms with van der Waals surface area (Å²) in [7, 11) is 0. The molecule has 0 fully saturated rings. The highest BCUT2D eigenvalue weighted by Crippen LogP contribution is 2.28. The van der Waals surface area contributed by atoms with Crippen LogP contribution in [0.15, 0.2) is 54.6 Å². The summed E-state index contributed by atoms with van der Waals surface area (Å²) in [4.78, 5) is 11.9. The minimum Gasteiger partial charge on any atom is -0.356 e. The minimum absolute atomic E-state index is 0.0556. The zero-order valence-electron chi connectivity index (χ0n) is 11.5. The second-order valence-electron chi connectivity index (χ2n) is 4.67. The number of rotatable bonds is 5. The maximum absolute atomic E-state index is 11.9. The first-order chi connectivity index (χ1) is 9.70. The Morgan fingerprint density at radius 2 is 1.65 bits per heavy atom. The third-order valence-corrected chi connectivity index (χ3v) is 3.49. The lowest BCUT2D eigenvalue weighted by Gasteiger charge is -2.17. The summed E-state index contributed by atoms with van der Waals surface area (Å²) in [6.07, 6.45) is 0.444. The summed E-state index contributed by atoms with van der Waals surface area (Å²) in [5, 5.41) is 3.57. The number of hydrogen-bond acceptors (Lipinski definition) is 1. The lowest BCUT2D eigenvalue weighted by molar-refractivity contribution is -0.121. The number of nitrogens with one attached hydrogen (secondary N) is 1. The fourth-order valence-corrected chi connectivity index (χ4v) is 2.39. The van der Waals surface area contributed by atoms with Gasteiger partial charge in [0.2, 0.25) is 5.91 Å². The summed E-state index contributed by atoms with van der Waals surface area (Å²) in [5.74, 6) is 0.122. The molecule has 0 aliphatic heterocycles. The fourth-order valence-electron chi connectivity index (χ4n) is 2.26. The predicted molar refractivity (Wildman–Crippen MR) is 83.0 cm³/mol. The van der Waals surface area contributed by atoms with E-state index in [2.05, 4.69) is 17.4 Å².